The van der Waals surface area contributed by atoms with Crippen LogP contribution in [0.3, 0.4) is 0 Å². The summed E-state index contributed by atoms with van der Waals surface area (Å²) in [6, 6.07) is 3.71. The Labute approximate surface area is 158 Å². The predicted molar refractivity (Wildman–Crippen MR) is 104 cm³/mol. The zero-order valence-electron chi connectivity index (χ0n) is 14.9. The summed E-state index contributed by atoms with van der Waals surface area (Å²) in [6.45, 7) is 6.39. The number of anilines is 1. The van der Waals surface area contributed by atoms with Gasteiger partial charge in [0.25, 0.3) is 0 Å². The molecule has 1 saturated heterocycles. The van der Waals surface area contributed by atoms with E-state index < -0.39 is 0 Å². The average Bonchev–Trinajstić information content (AvgIpc) is 2.66. The molecule has 0 atom stereocenters. The molecule has 0 unspecified atom stereocenters. The monoisotopic (exact) mass is 376 g/mol. The molecule has 0 aromatic carbocycles. The molecule has 0 radical (unpaired) electrons. The molecule has 1 fully saturated rings. The number of pyridine rings is 1. The van der Waals surface area contributed by atoms with Crippen LogP contribution in [0.2, 0.25) is 0 Å². The number of aliphatic hydroxyl groups is 1. The number of aliphatic hydroxyl groups excluding tert-OH is 1. The number of nitrogens with zero attached hydrogens (tertiary/aromatic N) is 5. The fraction of sp³-hybridized carbons (Fsp3) is 0.529. The summed E-state index contributed by atoms with van der Waals surface area (Å²) in [4.78, 5) is 22.2. The second kappa shape index (κ2) is 8.52. The first-order chi connectivity index (χ1) is 12.6. The molecular weight excluding hydrogens is 352 g/mol. The normalized spacial score (nSPS) is 19.4. The van der Waals surface area contributed by atoms with Crippen molar-refractivity contribution in [3.8, 4) is 0 Å². The van der Waals surface area contributed by atoms with E-state index in [2.05, 4.69) is 25.3 Å². The summed E-state index contributed by atoms with van der Waals surface area (Å²) in [6.07, 6.45) is 2.33. The van der Waals surface area contributed by atoms with Crippen LogP contribution in [0.4, 0.5) is 5.69 Å². The topological polar surface area (TPSA) is 84.3 Å². The summed E-state index contributed by atoms with van der Waals surface area (Å²) < 4.78 is 0. The first-order valence-electron chi connectivity index (χ1n) is 8.78. The Balaban J connectivity index is 1.64. The molecule has 0 bridgehead atoms. The number of nitrogens with one attached hydrogen (secondary N) is 1. The van der Waals surface area contributed by atoms with Crippen molar-refractivity contribution in [2.75, 3.05) is 50.8 Å². The quantitative estimate of drug-likeness (QED) is 0.569. The minimum atomic E-state index is 0.00234. The highest BCUT2D eigenvalue weighted by Gasteiger charge is 2.25. The lowest BCUT2D eigenvalue weighted by molar-refractivity contribution is -0.116. The zero-order chi connectivity index (χ0) is 18.5. The fourth-order valence-electron chi connectivity index (χ4n) is 3.23. The highest BCUT2D eigenvalue weighted by Crippen LogP contribution is 2.25. The van der Waals surface area contributed by atoms with Gasteiger partial charge in [-0.15, -0.1) is 0 Å². The van der Waals surface area contributed by atoms with Crippen LogP contribution in [0.1, 0.15) is 19.0 Å². The van der Waals surface area contributed by atoms with Crippen molar-refractivity contribution >= 4 is 34.6 Å². The maximum Gasteiger partial charge on any atom is 0.223 e. The van der Waals surface area contributed by atoms with E-state index in [9.17, 15) is 4.79 Å². The number of hydrogen-bond donors (Lipinski definition) is 2. The molecule has 2 aliphatic heterocycles. The first kappa shape index (κ1) is 18.7. The lowest BCUT2D eigenvalue weighted by Gasteiger charge is -2.35. The van der Waals surface area contributed by atoms with Gasteiger partial charge in [-0.1, -0.05) is 0 Å². The molecule has 0 spiro atoms. The molecule has 2 N–H and O–H groups in total. The van der Waals surface area contributed by atoms with Gasteiger partial charge in [0.2, 0.25) is 5.91 Å². The average molecular weight is 376 g/mol. The summed E-state index contributed by atoms with van der Waals surface area (Å²) in [5, 5.41) is 14.1. The van der Waals surface area contributed by atoms with Gasteiger partial charge in [0, 0.05) is 58.8 Å². The second-order valence-electron chi connectivity index (χ2n) is 6.32. The number of carbonyl (C=O) groups is 1. The van der Waals surface area contributed by atoms with Crippen molar-refractivity contribution in [1.29, 1.82) is 0 Å². The molecule has 8 nitrogen and oxygen atoms in total. The lowest BCUT2D eigenvalue weighted by atomic mass is 10.1. The van der Waals surface area contributed by atoms with Gasteiger partial charge in [-0.25, -0.2) is 0 Å². The first-order valence-corrected chi connectivity index (χ1v) is 9.19. The van der Waals surface area contributed by atoms with Gasteiger partial charge in [0.1, 0.15) is 5.69 Å². The van der Waals surface area contributed by atoms with Gasteiger partial charge in [-0.2, -0.15) is 5.10 Å². The maximum atomic E-state index is 11.8. The maximum absolute atomic E-state index is 11.8. The number of rotatable bonds is 3. The smallest absolute Gasteiger partial charge is 0.223 e. The highest BCUT2D eigenvalue weighted by atomic mass is 32.1. The number of fused-ring (bicyclic) bond motifs is 1. The van der Waals surface area contributed by atoms with Crippen molar-refractivity contribution in [2.24, 2.45) is 5.10 Å². The van der Waals surface area contributed by atoms with Crippen LogP contribution >= 0.6 is 12.2 Å². The molecular formula is C17H24N6O2S. The summed E-state index contributed by atoms with van der Waals surface area (Å²) in [7, 11) is 0. The number of thiocarbonyl (C=S) groups is 1. The number of carbonyl (C=O) groups excluding carboxylic acids is 1. The molecule has 9 heteroatoms. The van der Waals surface area contributed by atoms with E-state index in [1.165, 1.54) is 0 Å². The third-order valence-corrected chi connectivity index (χ3v) is 5.01. The molecule has 3 heterocycles. The Morgan fingerprint density at radius 1 is 1.35 bits per heavy atom. The molecule has 3 rings (SSSR count). The van der Waals surface area contributed by atoms with Gasteiger partial charge in [-0.3, -0.25) is 20.1 Å². The second-order valence-corrected chi connectivity index (χ2v) is 6.71. The molecule has 26 heavy (non-hydrogen) atoms. The van der Waals surface area contributed by atoms with Gasteiger partial charge in [0.05, 0.1) is 18.0 Å². The number of piperazine rings is 1. The Kier molecular flexibility index (Phi) is 6.12. The SMILES string of the molecule is CC(=O)N1CC/C(=N/NC(=S)N2CCN(CCO)CC2)c2ncccc21. The zero-order valence-corrected chi connectivity index (χ0v) is 15.7. The van der Waals surface area contributed by atoms with Crippen LogP contribution < -0.4 is 10.3 Å². The number of hydrazone groups is 1. The Bertz CT molecular complexity index is 702. The van der Waals surface area contributed by atoms with E-state index in [1.54, 1.807) is 18.0 Å². The Morgan fingerprint density at radius 3 is 2.81 bits per heavy atom. The lowest BCUT2D eigenvalue weighted by Crippen LogP contribution is -2.51. The third-order valence-electron chi connectivity index (χ3n) is 4.67. The van der Waals surface area contributed by atoms with Crippen LogP contribution in [0.5, 0.6) is 0 Å². The van der Waals surface area contributed by atoms with E-state index in [-0.39, 0.29) is 12.5 Å². The van der Waals surface area contributed by atoms with Gasteiger partial charge >= 0.3 is 0 Å². The summed E-state index contributed by atoms with van der Waals surface area (Å²) >= 11 is 5.46. The van der Waals surface area contributed by atoms with E-state index in [4.69, 9.17) is 17.3 Å². The molecule has 2 aliphatic rings. The number of β-amino-alcohol motifs (C(OH)–C–C–N with tert-alkyl or cyclic N) is 1. The molecule has 1 amide bonds. The largest absolute Gasteiger partial charge is 0.395 e. The van der Waals surface area contributed by atoms with E-state index in [1.807, 2.05) is 12.1 Å². The highest BCUT2D eigenvalue weighted by molar-refractivity contribution is 7.80. The molecule has 140 valence electrons. The van der Waals surface area contributed by atoms with Crippen molar-refractivity contribution in [3.05, 3.63) is 24.0 Å². The molecule has 0 saturated carbocycles. The fourth-order valence-corrected chi connectivity index (χ4v) is 3.46. The van der Waals surface area contributed by atoms with Crippen LogP contribution in [-0.4, -0.2) is 82.5 Å². The van der Waals surface area contributed by atoms with Crippen LogP contribution in [0.15, 0.2) is 23.4 Å². The number of aromatic nitrogens is 1. The van der Waals surface area contributed by atoms with E-state index >= 15 is 0 Å². The molecule has 1 aromatic heterocycles. The van der Waals surface area contributed by atoms with Gasteiger partial charge < -0.3 is 14.9 Å². The Morgan fingerprint density at radius 2 is 2.12 bits per heavy atom. The Hall–Kier alpha value is -2.10. The standard InChI is InChI=1S/C17H24N6O2S/c1-13(25)23-6-4-14(16-15(23)3-2-5-18-16)19-20-17(26)22-9-7-21(8-10-22)11-12-24/h2-3,5,24H,4,6-12H2,1H3,(H,20,26)/b19-14-. The molecule has 1 aromatic rings. The van der Waals surface area contributed by atoms with Crippen molar-refractivity contribution in [2.45, 2.75) is 13.3 Å². The predicted octanol–water partition coefficient (Wildman–Crippen LogP) is 0.0267. The summed E-state index contributed by atoms with van der Waals surface area (Å²) in [5.74, 6) is 0.00234. The van der Waals surface area contributed by atoms with Crippen molar-refractivity contribution in [1.82, 2.24) is 20.2 Å². The van der Waals surface area contributed by atoms with Gasteiger partial charge in [-0.05, 0) is 24.4 Å². The van der Waals surface area contributed by atoms with E-state index in [0.717, 1.165) is 43.3 Å². The van der Waals surface area contributed by atoms with Gasteiger partial charge in [0.15, 0.2) is 5.11 Å². The van der Waals surface area contributed by atoms with Crippen molar-refractivity contribution in [3.63, 3.8) is 0 Å². The van der Waals surface area contributed by atoms with Crippen LogP contribution in [0.25, 0.3) is 0 Å². The summed E-state index contributed by atoms with van der Waals surface area (Å²) in [5.41, 5.74) is 5.30. The van der Waals surface area contributed by atoms with E-state index in [0.29, 0.717) is 24.6 Å². The minimum Gasteiger partial charge on any atom is -0.395 e. The van der Waals surface area contributed by atoms with Crippen LogP contribution in [-0.2, 0) is 4.79 Å². The van der Waals surface area contributed by atoms with Crippen LogP contribution in [0, 0.1) is 0 Å². The third kappa shape index (κ3) is 4.17. The minimum absolute atomic E-state index is 0.00234. The number of amides is 1. The molecule has 0 aliphatic carbocycles. The number of hydrogen-bond acceptors (Lipinski definition) is 6. The van der Waals surface area contributed by atoms with Crippen molar-refractivity contribution < 1.29 is 9.90 Å².